The molecule has 0 aliphatic carbocycles. The summed E-state index contributed by atoms with van der Waals surface area (Å²) in [4.78, 5) is 10.6. The average molecular weight is 218 g/mol. The molecular weight excluding hydrogens is 196 g/mol. The molecule has 0 aliphatic rings. The van der Waals surface area contributed by atoms with Crippen molar-refractivity contribution in [1.82, 2.24) is 0 Å². The Bertz CT molecular complexity index is 159. The normalized spacial score (nSPS) is 12.5. The van der Waals surface area contributed by atoms with E-state index in [2.05, 4.69) is 0 Å². The first-order valence-corrected chi connectivity index (χ1v) is 5.53. The zero-order valence-electron chi connectivity index (χ0n) is 9.95. The summed E-state index contributed by atoms with van der Waals surface area (Å²) < 4.78 is 15.7. The van der Waals surface area contributed by atoms with E-state index in [9.17, 15) is 4.79 Å². The van der Waals surface area contributed by atoms with Crippen LogP contribution < -0.4 is 0 Å². The minimum atomic E-state index is -0.282. The van der Waals surface area contributed by atoms with Gasteiger partial charge in [0.25, 0.3) is 0 Å². The zero-order valence-corrected chi connectivity index (χ0v) is 9.95. The van der Waals surface area contributed by atoms with Gasteiger partial charge in [-0.2, -0.15) is 0 Å². The fourth-order valence-electron chi connectivity index (χ4n) is 0.998. The molecule has 0 N–H and O–H groups in total. The van der Waals surface area contributed by atoms with Crippen LogP contribution >= 0.6 is 0 Å². The van der Waals surface area contributed by atoms with E-state index in [4.69, 9.17) is 14.2 Å². The first-order chi connectivity index (χ1) is 7.20. The van der Waals surface area contributed by atoms with Crippen LogP contribution in [0.5, 0.6) is 0 Å². The van der Waals surface area contributed by atoms with Gasteiger partial charge in [0.2, 0.25) is 0 Å². The average Bonchev–Trinajstić information content (AvgIpc) is 2.21. The third-order valence-electron chi connectivity index (χ3n) is 1.68. The number of carbonyl (C=O) groups is 1. The van der Waals surface area contributed by atoms with Crippen molar-refractivity contribution in [2.24, 2.45) is 0 Å². The number of hydrogen-bond donors (Lipinski definition) is 0. The monoisotopic (exact) mass is 218 g/mol. The maximum absolute atomic E-state index is 10.6. The molecule has 0 bridgehead atoms. The van der Waals surface area contributed by atoms with Gasteiger partial charge in [-0.1, -0.05) is 13.8 Å². The second-order valence-corrected chi connectivity index (χ2v) is 3.37. The maximum Gasteiger partial charge on any atom is 0.302 e. The van der Waals surface area contributed by atoms with Gasteiger partial charge in [-0.15, -0.1) is 0 Å². The first-order valence-electron chi connectivity index (χ1n) is 5.53. The molecule has 1 atom stereocenters. The van der Waals surface area contributed by atoms with Crippen LogP contribution in [0.4, 0.5) is 0 Å². The number of esters is 1. The Balaban J connectivity index is 3.67. The Labute approximate surface area is 91.9 Å². The minimum Gasteiger partial charge on any atom is -0.463 e. The Morgan fingerprint density at radius 2 is 1.80 bits per heavy atom. The van der Waals surface area contributed by atoms with E-state index in [0.717, 1.165) is 12.8 Å². The molecule has 4 nitrogen and oxygen atoms in total. The van der Waals surface area contributed by atoms with Crippen molar-refractivity contribution < 1.29 is 19.0 Å². The largest absolute Gasteiger partial charge is 0.463 e. The third kappa shape index (κ3) is 9.69. The lowest BCUT2D eigenvalue weighted by atomic mass is 10.4. The summed E-state index contributed by atoms with van der Waals surface area (Å²) >= 11 is 0. The summed E-state index contributed by atoms with van der Waals surface area (Å²) in [6.07, 6.45) is 1.79. The third-order valence-corrected chi connectivity index (χ3v) is 1.68. The van der Waals surface area contributed by atoms with Gasteiger partial charge in [0.1, 0.15) is 12.7 Å². The Morgan fingerprint density at radius 1 is 1.13 bits per heavy atom. The highest BCUT2D eigenvalue weighted by molar-refractivity contribution is 5.65. The quantitative estimate of drug-likeness (QED) is 0.437. The topological polar surface area (TPSA) is 44.8 Å². The van der Waals surface area contributed by atoms with Gasteiger partial charge in [-0.3, -0.25) is 4.79 Å². The highest BCUT2D eigenvalue weighted by Crippen LogP contribution is 1.98. The standard InChI is InChI=1S/C11H22O4/c1-4-6-13-8-11(14-7-5-2)9-15-10(3)12/h11H,4-9H2,1-3H3. The lowest BCUT2D eigenvalue weighted by Crippen LogP contribution is -2.27. The van der Waals surface area contributed by atoms with E-state index in [1.54, 1.807) is 0 Å². The Hall–Kier alpha value is -0.610. The number of ether oxygens (including phenoxy) is 3. The molecule has 0 aromatic rings. The van der Waals surface area contributed by atoms with E-state index < -0.39 is 0 Å². The van der Waals surface area contributed by atoms with Crippen molar-refractivity contribution in [1.29, 1.82) is 0 Å². The summed E-state index contributed by atoms with van der Waals surface area (Å²) in [6, 6.07) is 0. The van der Waals surface area contributed by atoms with Crippen molar-refractivity contribution in [3.63, 3.8) is 0 Å². The molecule has 0 aromatic carbocycles. The molecule has 1 unspecified atom stereocenters. The molecular formula is C11H22O4. The van der Waals surface area contributed by atoms with Crippen LogP contribution in [0, 0.1) is 0 Å². The molecule has 0 spiro atoms. The fraction of sp³-hybridized carbons (Fsp3) is 0.909. The lowest BCUT2D eigenvalue weighted by Gasteiger charge is -2.17. The molecule has 0 heterocycles. The van der Waals surface area contributed by atoms with Crippen LogP contribution in [0.15, 0.2) is 0 Å². The van der Waals surface area contributed by atoms with Crippen LogP contribution in [0.1, 0.15) is 33.6 Å². The summed E-state index contributed by atoms with van der Waals surface area (Å²) in [7, 11) is 0. The molecule has 0 saturated carbocycles. The maximum atomic E-state index is 10.6. The summed E-state index contributed by atoms with van der Waals surface area (Å²) in [6.45, 7) is 7.63. The van der Waals surface area contributed by atoms with E-state index in [-0.39, 0.29) is 18.7 Å². The molecule has 0 amide bonds. The zero-order chi connectivity index (χ0) is 11.5. The van der Waals surface area contributed by atoms with E-state index in [1.165, 1.54) is 6.92 Å². The molecule has 0 fully saturated rings. The summed E-state index contributed by atoms with van der Waals surface area (Å²) in [5.74, 6) is -0.282. The van der Waals surface area contributed by atoms with E-state index >= 15 is 0 Å². The SMILES string of the molecule is CCCOCC(COC(C)=O)OCCC. The van der Waals surface area contributed by atoms with Crippen molar-refractivity contribution in [3.05, 3.63) is 0 Å². The molecule has 0 saturated heterocycles. The van der Waals surface area contributed by atoms with E-state index in [0.29, 0.717) is 19.8 Å². The number of carbonyl (C=O) groups excluding carboxylic acids is 1. The number of rotatable bonds is 9. The minimum absolute atomic E-state index is 0.139. The second kappa shape index (κ2) is 9.93. The Kier molecular flexibility index (Phi) is 9.52. The molecule has 0 aliphatic heterocycles. The van der Waals surface area contributed by atoms with Gasteiger partial charge in [0, 0.05) is 20.1 Å². The van der Waals surface area contributed by atoms with Crippen molar-refractivity contribution in [2.45, 2.75) is 39.7 Å². The smallest absolute Gasteiger partial charge is 0.302 e. The molecule has 0 aromatic heterocycles. The second-order valence-electron chi connectivity index (χ2n) is 3.37. The Morgan fingerprint density at radius 3 is 2.33 bits per heavy atom. The van der Waals surface area contributed by atoms with E-state index in [1.807, 2.05) is 13.8 Å². The van der Waals surface area contributed by atoms with Crippen LogP contribution in [0.25, 0.3) is 0 Å². The predicted molar refractivity (Wildman–Crippen MR) is 57.8 cm³/mol. The molecule has 4 heteroatoms. The molecule has 0 radical (unpaired) electrons. The molecule has 90 valence electrons. The van der Waals surface area contributed by atoms with Crippen LogP contribution in [0.2, 0.25) is 0 Å². The van der Waals surface area contributed by atoms with Gasteiger partial charge < -0.3 is 14.2 Å². The van der Waals surface area contributed by atoms with Gasteiger partial charge in [-0.25, -0.2) is 0 Å². The van der Waals surface area contributed by atoms with Gasteiger partial charge in [0.05, 0.1) is 6.61 Å². The summed E-state index contributed by atoms with van der Waals surface area (Å²) in [5.41, 5.74) is 0. The predicted octanol–water partition coefficient (Wildman–Crippen LogP) is 1.77. The van der Waals surface area contributed by atoms with Crippen LogP contribution in [0.3, 0.4) is 0 Å². The molecule has 0 rings (SSSR count). The summed E-state index contributed by atoms with van der Waals surface area (Å²) in [5, 5.41) is 0. The highest BCUT2D eigenvalue weighted by Gasteiger charge is 2.10. The van der Waals surface area contributed by atoms with Crippen molar-refractivity contribution >= 4 is 5.97 Å². The first kappa shape index (κ1) is 14.4. The van der Waals surface area contributed by atoms with Crippen LogP contribution in [-0.4, -0.2) is 38.5 Å². The van der Waals surface area contributed by atoms with Crippen molar-refractivity contribution in [3.8, 4) is 0 Å². The van der Waals surface area contributed by atoms with Crippen molar-refractivity contribution in [2.75, 3.05) is 26.4 Å². The highest BCUT2D eigenvalue weighted by atomic mass is 16.6. The van der Waals surface area contributed by atoms with Gasteiger partial charge in [-0.05, 0) is 12.8 Å². The fourth-order valence-corrected chi connectivity index (χ4v) is 0.998. The van der Waals surface area contributed by atoms with Gasteiger partial charge in [0.15, 0.2) is 0 Å². The lowest BCUT2D eigenvalue weighted by molar-refractivity contribution is -0.147. The van der Waals surface area contributed by atoms with Gasteiger partial charge >= 0.3 is 5.97 Å². The van der Waals surface area contributed by atoms with Crippen LogP contribution in [-0.2, 0) is 19.0 Å². The number of hydrogen-bond acceptors (Lipinski definition) is 4. The molecule has 15 heavy (non-hydrogen) atoms.